The number of unbranched alkanes of at least 4 members (excludes halogenated alkanes) is 2. The first-order valence-corrected chi connectivity index (χ1v) is 7.54. The standard InChI is InChI=1S/C14H17NO2S/c1-2-3-4-9-18(17)11-14(16)13-7-5-12(10-15)6-8-13/h5-8H,2-4,9,11H2,1H3. The average Bonchev–Trinajstić information content (AvgIpc) is 2.39. The zero-order valence-electron chi connectivity index (χ0n) is 10.5. The fourth-order valence-electron chi connectivity index (χ4n) is 1.55. The highest BCUT2D eigenvalue weighted by Gasteiger charge is 2.10. The van der Waals surface area contributed by atoms with E-state index < -0.39 is 10.8 Å². The van der Waals surface area contributed by atoms with E-state index in [0.717, 1.165) is 19.3 Å². The number of Topliss-reactive ketones (excluding diaryl/α,β-unsaturated/α-hetero) is 1. The zero-order chi connectivity index (χ0) is 13.4. The Balaban J connectivity index is 2.49. The van der Waals surface area contributed by atoms with Crippen molar-refractivity contribution in [1.82, 2.24) is 0 Å². The second kappa shape index (κ2) is 7.78. The molecule has 96 valence electrons. The van der Waals surface area contributed by atoms with E-state index in [4.69, 9.17) is 5.26 Å². The van der Waals surface area contributed by atoms with Crippen LogP contribution in [-0.4, -0.2) is 21.5 Å². The third-order valence-electron chi connectivity index (χ3n) is 2.60. The molecule has 0 saturated carbocycles. The summed E-state index contributed by atoms with van der Waals surface area (Å²) in [6, 6.07) is 8.44. The molecule has 0 aromatic heterocycles. The molecule has 1 rings (SSSR count). The quantitative estimate of drug-likeness (QED) is 0.561. The maximum atomic E-state index is 11.8. The molecular weight excluding hydrogens is 246 g/mol. The minimum Gasteiger partial charge on any atom is -0.293 e. The largest absolute Gasteiger partial charge is 0.293 e. The lowest BCUT2D eigenvalue weighted by molar-refractivity contribution is 0.102. The summed E-state index contributed by atoms with van der Waals surface area (Å²) in [5.41, 5.74) is 1.05. The molecule has 0 spiro atoms. The van der Waals surface area contributed by atoms with Gasteiger partial charge in [-0.2, -0.15) is 5.26 Å². The maximum absolute atomic E-state index is 11.8. The Kier molecular flexibility index (Phi) is 6.31. The van der Waals surface area contributed by atoms with Crippen LogP contribution < -0.4 is 0 Å². The normalized spacial score (nSPS) is 11.8. The van der Waals surface area contributed by atoms with E-state index in [9.17, 15) is 9.00 Å². The van der Waals surface area contributed by atoms with Gasteiger partial charge in [-0.1, -0.05) is 31.9 Å². The van der Waals surface area contributed by atoms with Crippen molar-refractivity contribution in [2.45, 2.75) is 26.2 Å². The summed E-state index contributed by atoms with van der Waals surface area (Å²) in [5.74, 6) is 0.556. The number of carbonyl (C=O) groups is 1. The fourth-order valence-corrected chi connectivity index (χ4v) is 2.67. The van der Waals surface area contributed by atoms with Gasteiger partial charge in [-0.25, -0.2) is 0 Å². The summed E-state index contributed by atoms with van der Waals surface area (Å²) in [7, 11) is -1.07. The van der Waals surface area contributed by atoms with Crippen molar-refractivity contribution < 1.29 is 9.00 Å². The third kappa shape index (κ3) is 4.80. The van der Waals surface area contributed by atoms with Gasteiger partial charge in [0.15, 0.2) is 5.78 Å². The van der Waals surface area contributed by atoms with Gasteiger partial charge in [-0.3, -0.25) is 9.00 Å². The minimum absolute atomic E-state index is 0.0790. The first-order chi connectivity index (χ1) is 8.67. The third-order valence-corrected chi connectivity index (χ3v) is 3.93. The second-order valence-electron chi connectivity index (χ2n) is 4.11. The van der Waals surface area contributed by atoms with Crippen molar-refractivity contribution in [1.29, 1.82) is 5.26 Å². The highest BCUT2D eigenvalue weighted by Crippen LogP contribution is 2.06. The lowest BCUT2D eigenvalue weighted by Gasteiger charge is -2.02. The second-order valence-corrected chi connectivity index (χ2v) is 5.68. The van der Waals surface area contributed by atoms with E-state index in [2.05, 4.69) is 6.92 Å². The van der Waals surface area contributed by atoms with Crippen molar-refractivity contribution in [3.05, 3.63) is 35.4 Å². The topological polar surface area (TPSA) is 57.9 Å². The van der Waals surface area contributed by atoms with Crippen LogP contribution in [0.3, 0.4) is 0 Å². The van der Waals surface area contributed by atoms with E-state index >= 15 is 0 Å². The molecule has 18 heavy (non-hydrogen) atoms. The molecule has 1 unspecified atom stereocenters. The number of nitriles is 1. The van der Waals surface area contributed by atoms with Crippen LogP contribution in [0.25, 0.3) is 0 Å². The van der Waals surface area contributed by atoms with Gasteiger partial charge >= 0.3 is 0 Å². The van der Waals surface area contributed by atoms with Crippen LogP contribution in [-0.2, 0) is 10.8 Å². The van der Waals surface area contributed by atoms with Gasteiger partial charge in [0.25, 0.3) is 0 Å². The Hall–Kier alpha value is -1.47. The van der Waals surface area contributed by atoms with Gasteiger partial charge < -0.3 is 0 Å². The minimum atomic E-state index is -1.07. The van der Waals surface area contributed by atoms with Gasteiger partial charge in [0.1, 0.15) is 0 Å². The van der Waals surface area contributed by atoms with Crippen LogP contribution in [0.2, 0.25) is 0 Å². The van der Waals surface area contributed by atoms with Crippen molar-refractivity contribution in [3.8, 4) is 6.07 Å². The molecule has 4 heteroatoms. The lowest BCUT2D eigenvalue weighted by Crippen LogP contribution is -2.13. The summed E-state index contributed by atoms with van der Waals surface area (Å²) in [6.07, 6.45) is 3.04. The monoisotopic (exact) mass is 263 g/mol. The van der Waals surface area contributed by atoms with E-state index in [1.807, 2.05) is 6.07 Å². The van der Waals surface area contributed by atoms with Crippen molar-refractivity contribution >= 4 is 16.6 Å². The molecule has 0 bridgehead atoms. The first-order valence-electron chi connectivity index (χ1n) is 6.05. The Morgan fingerprint density at radius 2 is 1.94 bits per heavy atom. The molecule has 0 aliphatic carbocycles. The summed E-state index contributed by atoms with van der Waals surface area (Å²) in [4.78, 5) is 11.8. The number of carbonyl (C=O) groups excluding carboxylic acids is 1. The molecule has 3 nitrogen and oxygen atoms in total. The van der Waals surface area contributed by atoms with Crippen LogP contribution in [0.15, 0.2) is 24.3 Å². The maximum Gasteiger partial charge on any atom is 0.175 e. The number of nitrogens with zero attached hydrogens (tertiary/aromatic N) is 1. The van der Waals surface area contributed by atoms with Gasteiger partial charge in [-0.05, 0) is 18.6 Å². The Morgan fingerprint density at radius 1 is 1.28 bits per heavy atom. The SMILES string of the molecule is CCCCCS(=O)CC(=O)c1ccc(C#N)cc1. The zero-order valence-corrected chi connectivity index (χ0v) is 11.3. The predicted molar refractivity (Wildman–Crippen MR) is 72.9 cm³/mol. The van der Waals surface area contributed by atoms with Gasteiger partial charge in [0, 0.05) is 22.1 Å². The average molecular weight is 263 g/mol. The van der Waals surface area contributed by atoms with Crippen LogP contribution in [0, 0.1) is 11.3 Å². The summed E-state index contributed by atoms with van der Waals surface area (Å²) >= 11 is 0. The molecule has 0 N–H and O–H groups in total. The number of rotatable bonds is 7. The molecular formula is C14H17NO2S. The Morgan fingerprint density at radius 3 is 2.50 bits per heavy atom. The van der Waals surface area contributed by atoms with Crippen molar-refractivity contribution in [3.63, 3.8) is 0 Å². The number of ketones is 1. The molecule has 1 aromatic carbocycles. The summed E-state index contributed by atoms with van der Waals surface area (Å²) < 4.78 is 11.7. The molecule has 0 radical (unpaired) electrons. The molecule has 0 saturated heterocycles. The van der Waals surface area contributed by atoms with E-state index in [0.29, 0.717) is 16.9 Å². The van der Waals surface area contributed by atoms with Crippen LogP contribution >= 0.6 is 0 Å². The summed E-state index contributed by atoms with van der Waals surface area (Å²) in [6.45, 7) is 2.09. The van der Waals surface area contributed by atoms with E-state index in [-0.39, 0.29) is 11.5 Å². The first kappa shape index (κ1) is 14.6. The highest BCUT2D eigenvalue weighted by molar-refractivity contribution is 7.85. The molecule has 0 amide bonds. The Bertz CT molecular complexity index is 460. The number of hydrogen-bond acceptors (Lipinski definition) is 3. The van der Waals surface area contributed by atoms with Gasteiger partial charge in [0.2, 0.25) is 0 Å². The van der Waals surface area contributed by atoms with Gasteiger partial charge in [0.05, 0.1) is 17.4 Å². The van der Waals surface area contributed by atoms with Crippen LogP contribution in [0.5, 0.6) is 0 Å². The Labute approximate surface area is 110 Å². The highest BCUT2D eigenvalue weighted by atomic mass is 32.2. The smallest absolute Gasteiger partial charge is 0.175 e. The van der Waals surface area contributed by atoms with Crippen molar-refractivity contribution in [2.24, 2.45) is 0 Å². The molecule has 1 atom stereocenters. The molecule has 0 heterocycles. The van der Waals surface area contributed by atoms with Crippen molar-refractivity contribution in [2.75, 3.05) is 11.5 Å². The number of hydrogen-bond donors (Lipinski definition) is 0. The predicted octanol–water partition coefficient (Wildman–Crippen LogP) is 2.68. The van der Waals surface area contributed by atoms with E-state index in [1.54, 1.807) is 24.3 Å². The molecule has 0 aliphatic heterocycles. The van der Waals surface area contributed by atoms with Crippen LogP contribution in [0.4, 0.5) is 0 Å². The lowest BCUT2D eigenvalue weighted by atomic mass is 10.1. The molecule has 1 aromatic rings. The summed E-state index contributed by atoms with van der Waals surface area (Å²) in [5, 5.41) is 8.65. The molecule has 0 aliphatic rings. The molecule has 0 fully saturated rings. The van der Waals surface area contributed by atoms with Crippen LogP contribution in [0.1, 0.15) is 42.1 Å². The number of benzene rings is 1. The van der Waals surface area contributed by atoms with E-state index in [1.165, 1.54) is 0 Å². The fraction of sp³-hybridized carbons (Fsp3) is 0.429. The van der Waals surface area contributed by atoms with Gasteiger partial charge in [-0.15, -0.1) is 0 Å².